The van der Waals surface area contributed by atoms with E-state index in [1.54, 1.807) is 0 Å². The zero-order valence-corrected chi connectivity index (χ0v) is 66.7. The summed E-state index contributed by atoms with van der Waals surface area (Å²) in [6, 6.07) is 114. The smallest absolute Gasteiger partial charge is 0.0756 e. The van der Waals surface area contributed by atoms with Crippen LogP contribution in [-0.4, -0.2) is 24.9 Å². The maximum atomic E-state index is 4.64. The summed E-state index contributed by atoms with van der Waals surface area (Å²) in [7, 11) is 0. The van der Waals surface area contributed by atoms with Crippen molar-refractivity contribution in [1.82, 2.24) is 24.9 Å². The third-order valence-electron chi connectivity index (χ3n) is 18.1. The molecule has 14 aromatic rings. The summed E-state index contributed by atoms with van der Waals surface area (Å²) < 4.78 is 0. The molecule has 0 saturated carbocycles. The van der Waals surface area contributed by atoms with Gasteiger partial charge in [0.1, 0.15) is 0 Å². The minimum Gasteiger partial charge on any atom is -0.305 e. The zero-order valence-electron chi connectivity index (χ0n) is 59.5. The van der Waals surface area contributed by atoms with E-state index in [1.165, 1.54) is 152 Å². The number of fused-ring (bicyclic) bond motifs is 1. The molecule has 8 heteroatoms. The van der Waals surface area contributed by atoms with Gasteiger partial charge < -0.3 is 15.0 Å². The van der Waals surface area contributed by atoms with Crippen LogP contribution in [0.4, 0.5) is 0 Å². The molecule has 0 aliphatic heterocycles. The van der Waals surface area contributed by atoms with Gasteiger partial charge >= 0.3 is 0 Å². The summed E-state index contributed by atoms with van der Waals surface area (Å²) in [5.41, 5.74) is 22.6. The molecule has 4 aromatic heterocycles. The van der Waals surface area contributed by atoms with Gasteiger partial charge in [-0.1, -0.05) is 270 Å². The number of benzene rings is 10. The Hall–Kier alpha value is -9.06. The number of hydrogen-bond donors (Lipinski definition) is 0. The van der Waals surface area contributed by atoms with E-state index in [1.807, 2.05) is 122 Å². The van der Waals surface area contributed by atoms with Gasteiger partial charge in [-0.05, 0) is 127 Å². The molecule has 0 amide bonds. The number of aromatic nitrogens is 5. The quantitative estimate of drug-likeness (QED) is 0.0379. The number of rotatable bonds is 27. The molecular weight excluding hydrogens is 1800 g/mol. The van der Waals surface area contributed by atoms with Crippen molar-refractivity contribution >= 4 is 10.9 Å². The maximum Gasteiger partial charge on any atom is 0.0756 e. The molecule has 14 rings (SSSR count). The molecule has 0 unspecified atom stereocenters. The van der Waals surface area contributed by atoms with Crippen LogP contribution in [0.3, 0.4) is 0 Å². The minimum absolute atomic E-state index is 0. The fraction of sp³-hybridized carbons (Fsp3) is 0.198. The third kappa shape index (κ3) is 27.2. The second kappa shape index (κ2) is 45.9. The molecule has 0 N–H and O–H groups in total. The van der Waals surface area contributed by atoms with Crippen molar-refractivity contribution in [3.05, 3.63) is 379 Å². The molecule has 10 aromatic carbocycles. The molecule has 3 radical (unpaired) electrons. The third-order valence-corrected chi connectivity index (χ3v) is 18.1. The van der Waals surface area contributed by atoms with Crippen molar-refractivity contribution in [1.29, 1.82) is 0 Å². The Morgan fingerprint density at radius 1 is 0.269 bits per heavy atom. The molecule has 0 saturated heterocycles. The van der Waals surface area contributed by atoms with Gasteiger partial charge in [-0.15, -0.1) is 142 Å². The van der Waals surface area contributed by atoms with Crippen molar-refractivity contribution in [2.75, 3.05) is 0 Å². The average Bonchev–Trinajstić information content (AvgIpc) is 0.816. The molecular formula is C96H91Ir3N5-4. The summed E-state index contributed by atoms with van der Waals surface area (Å²) in [4.78, 5) is 22.4. The Labute approximate surface area is 659 Å². The van der Waals surface area contributed by atoms with Crippen LogP contribution in [0.1, 0.15) is 116 Å². The molecule has 5 nitrogen and oxygen atoms in total. The molecule has 0 aliphatic rings. The first-order valence-corrected chi connectivity index (χ1v) is 36.3. The second-order valence-electron chi connectivity index (χ2n) is 25.9. The first kappa shape index (κ1) is 80.6. The Morgan fingerprint density at radius 2 is 0.692 bits per heavy atom. The van der Waals surface area contributed by atoms with Crippen molar-refractivity contribution in [2.45, 2.75) is 122 Å². The van der Waals surface area contributed by atoms with Crippen LogP contribution in [0, 0.1) is 31.2 Å². The van der Waals surface area contributed by atoms with Crippen molar-refractivity contribution in [2.24, 2.45) is 0 Å². The molecule has 0 spiro atoms. The molecule has 104 heavy (non-hydrogen) atoms. The van der Waals surface area contributed by atoms with Gasteiger partial charge in [0.05, 0.1) is 11.3 Å². The van der Waals surface area contributed by atoms with E-state index in [0.29, 0.717) is 5.82 Å². The van der Waals surface area contributed by atoms with E-state index >= 15 is 0 Å². The Bertz CT molecular complexity index is 4630. The van der Waals surface area contributed by atoms with Crippen molar-refractivity contribution in [3.8, 4) is 67.4 Å². The molecule has 0 bridgehead atoms. The number of unbranched alkanes of at least 4 members (excludes halogenated alkanes) is 9. The fourth-order valence-corrected chi connectivity index (χ4v) is 12.4. The zero-order chi connectivity index (χ0) is 69.0. The molecule has 531 valence electrons. The maximum absolute atomic E-state index is 4.64. The van der Waals surface area contributed by atoms with Crippen LogP contribution in [0.25, 0.3) is 78.3 Å². The van der Waals surface area contributed by atoms with Gasteiger partial charge in [-0.25, -0.2) is 0 Å². The van der Waals surface area contributed by atoms with Crippen LogP contribution < -0.4 is 0 Å². The first-order valence-electron chi connectivity index (χ1n) is 36.3. The molecule has 0 fully saturated rings. The number of pyridine rings is 3. The second-order valence-corrected chi connectivity index (χ2v) is 25.9. The Balaban J connectivity index is 0.000000175. The summed E-state index contributed by atoms with van der Waals surface area (Å²) in [5, 5.41) is 1.05. The van der Waals surface area contributed by atoms with Crippen LogP contribution in [0.5, 0.6) is 0 Å². The Morgan fingerprint density at radius 3 is 1.23 bits per heavy atom. The predicted octanol–water partition coefficient (Wildman–Crippen LogP) is 24.4. The summed E-state index contributed by atoms with van der Waals surface area (Å²) >= 11 is 0. The van der Waals surface area contributed by atoms with E-state index in [4.69, 9.17) is 0 Å². The topological polar surface area (TPSA) is 64.5 Å². The minimum atomic E-state index is 0. The number of hydrogen-bond acceptors (Lipinski definition) is 5. The molecule has 4 heterocycles. The van der Waals surface area contributed by atoms with E-state index in [-0.39, 0.29) is 60.3 Å². The monoisotopic (exact) mass is 1890 g/mol. The largest absolute Gasteiger partial charge is 0.305 e. The number of para-hydroxylation sites is 1. The van der Waals surface area contributed by atoms with Crippen molar-refractivity contribution < 1.29 is 60.3 Å². The first-order chi connectivity index (χ1) is 50.0. The Kier molecular flexibility index (Phi) is 35.6. The van der Waals surface area contributed by atoms with E-state index < -0.39 is 0 Å². The van der Waals surface area contributed by atoms with Crippen LogP contribution in [0.2, 0.25) is 0 Å². The van der Waals surface area contributed by atoms with E-state index in [2.05, 4.69) is 250 Å². The SMILES string of the molecule is Cc1ccc(CCCCCCCCc2cc[c-]c(-c3ccccn3)c2)cc1.[Ir].[Ir].[Ir].[c-]1cc(CCCCCc2ccccc2)ccc1-c1cc(-c2ccccc2)ccn1.[c-]1cc(CCCCCc2ccccc2)ccc1-c1ccccn1.[c-]1ccc(-c2ccccc2)cc1-c1ncc2ccccc2n1. The van der Waals surface area contributed by atoms with Gasteiger partial charge in [-0.2, -0.15) is 0 Å². The molecule has 0 aliphatic carbocycles. The van der Waals surface area contributed by atoms with Gasteiger partial charge in [0.25, 0.3) is 0 Å². The summed E-state index contributed by atoms with van der Waals surface area (Å²) in [6.45, 7) is 2.15. The fourth-order valence-electron chi connectivity index (χ4n) is 12.4. The number of aryl methyl sites for hydroxylation is 7. The average molecular weight is 1890 g/mol. The van der Waals surface area contributed by atoms with E-state index in [0.717, 1.165) is 75.1 Å². The molecule has 0 atom stereocenters. The summed E-state index contributed by atoms with van der Waals surface area (Å²) in [5.74, 6) is 0.705. The van der Waals surface area contributed by atoms with Crippen molar-refractivity contribution in [3.63, 3.8) is 0 Å². The van der Waals surface area contributed by atoms with Gasteiger partial charge in [0, 0.05) is 90.5 Å². The number of nitrogens with zero attached hydrogens (tertiary/aromatic N) is 5. The van der Waals surface area contributed by atoms with Gasteiger partial charge in [0.2, 0.25) is 0 Å². The van der Waals surface area contributed by atoms with Crippen LogP contribution in [-0.2, 0) is 98.8 Å². The van der Waals surface area contributed by atoms with Gasteiger partial charge in [0.15, 0.2) is 0 Å². The van der Waals surface area contributed by atoms with Gasteiger partial charge in [-0.3, -0.25) is 9.97 Å². The van der Waals surface area contributed by atoms with Crippen LogP contribution >= 0.6 is 0 Å². The van der Waals surface area contributed by atoms with Crippen LogP contribution in [0.15, 0.2) is 316 Å². The standard InChI is InChI=1S/C28H26N.C26H30N.C22H22N.C20H13N2.3Ir/c1-4-10-23(11-5-1)12-6-2-7-13-24-16-18-26(19-17-24)28-22-27(20-21-29-28)25-14-8-3-9-15-25;1-22-16-18-23(19-17-22)11-6-4-2-3-5-7-12-24-13-10-14-25(21-24)26-15-8-9-20-27-26;1-3-9-19(10-4-1)11-5-2-6-12-20-14-16-21(17-15-20)22-13-7-8-18-23-22;1-2-7-15(8-3-1)16-10-6-11-17(13-16)20-21-14-18-9-4-5-12-19(18)22-20;;;/h1,3-5,8-11,14-18,20-22H,2,6-7,12-13H2;8-10,13,15-21H,2-7,11-12H2,1H3;1,3-4,7-10,13-16,18H,2,5-6,11-12H2;1-10,12-14H;;;/q4*-1;;;. The van der Waals surface area contributed by atoms with E-state index in [9.17, 15) is 0 Å². The normalized spacial score (nSPS) is 10.4. The summed E-state index contributed by atoms with van der Waals surface area (Å²) in [6.07, 6.45) is 29.8. The predicted molar refractivity (Wildman–Crippen MR) is 422 cm³/mol.